The molecule has 0 aliphatic carbocycles. The summed E-state index contributed by atoms with van der Waals surface area (Å²) in [6.45, 7) is 3.95. The molecule has 32 heavy (non-hydrogen) atoms. The van der Waals surface area contributed by atoms with Crippen LogP contribution in [0, 0.1) is 13.8 Å². The molecule has 0 bridgehead atoms. The molecule has 0 radical (unpaired) electrons. The van der Waals surface area contributed by atoms with Crippen LogP contribution >= 0.6 is 11.3 Å². The minimum absolute atomic E-state index is 0.0719. The Morgan fingerprint density at radius 2 is 1.66 bits per heavy atom. The van der Waals surface area contributed by atoms with Gasteiger partial charge < -0.3 is 5.32 Å². The summed E-state index contributed by atoms with van der Waals surface area (Å²) in [5.74, 6) is -0.0719. The summed E-state index contributed by atoms with van der Waals surface area (Å²) >= 11 is 1.63. The minimum atomic E-state index is -0.0719. The standard InChI is InChI=1S/C26H22N4OS/c1-17-21(18(2)30(29-17)19-10-4-3-5-11-19)16-25(31)27-22-13-7-6-12-20(22)26-28-23-14-8-9-15-24(23)32-26/h3-15H,16H2,1-2H3,(H,27,31). The number of fused-ring (bicyclic) bond motifs is 1. The fourth-order valence-electron chi connectivity index (χ4n) is 3.87. The average Bonchev–Trinajstić information content (AvgIpc) is 3.36. The fourth-order valence-corrected chi connectivity index (χ4v) is 4.88. The van der Waals surface area contributed by atoms with Gasteiger partial charge in [-0.05, 0) is 50.2 Å². The first-order chi connectivity index (χ1) is 15.6. The highest BCUT2D eigenvalue weighted by molar-refractivity contribution is 7.21. The second-order valence-corrected chi connectivity index (χ2v) is 8.68. The minimum Gasteiger partial charge on any atom is -0.325 e. The summed E-state index contributed by atoms with van der Waals surface area (Å²) in [4.78, 5) is 17.8. The predicted octanol–water partition coefficient (Wildman–Crippen LogP) is 5.95. The Kier molecular flexibility index (Phi) is 5.29. The second-order valence-electron chi connectivity index (χ2n) is 7.65. The molecule has 0 spiro atoms. The molecule has 1 N–H and O–H groups in total. The molecular formula is C26H22N4OS. The Morgan fingerprint density at radius 1 is 0.938 bits per heavy atom. The Hall–Kier alpha value is -3.77. The first kappa shape index (κ1) is 20.2. The molecule has 2 heterocycles. The van der Waals surface area contributed by atoms with Crippen LogP contribution in [0.3, 0.4) is 0 Å². The van der Waals surface area contributed by atoms with Crippen LogP contribution in [-0.4, -0.2) is 20.7 Å². The topological polar surface area (TPSA) is 59.8 Å². The summed E-state index contributed by atoms with van der Waals surface area (Å²) < 4.78 is 3.02. The van der Waals surface area contributed by atoms with Gasteiger partial charge in [0.15, 0.2) is 0 Å². The smallest absolute Gasteiger partial charge is 0.228 e. The summed E-state index contributed by atoms with van der Waals surface area (Å²) in [5.41, 5.74) is 6.43. The molecule has 5 aromatic rings. The highest BCUT2D eigenvalue weighted by Gasteiger charge is 2.18. The van der Waals surface area contributed by atoms with Crippen LogP contribution in [0.2, 0.25) is 0 Å². The molecule has 0 unspecified atom stereocenters. The van der Waals surface area contributed by atoms with Crippen LogP contribution in [-0.2, 0) is 11.2 Å². The number of amides is 1. The second kappa shape index (κ2) is 8.40. The normalized spacial score (nSPS) is 11.1. The Labute approximate surface area is 190 Å². The van der Waals surface area contributed by atoms with E-state index in [4.69, 9.17) is 4.98 Å². The predicted molar refractivity (Wildman–Crippen MR) is 130 cm³/mol. The van der Waals surface area contributed by atoms with Gasteiger partial charge in [-0.2, -0.15) is 5.10 Å². The summed E-state index contributed by atoms with van der Waals surface area (Å²) in [6.07, 6.45) is 0.263. The van der Waals surface area contributed by atoms with Gasteiger partial charge in [-0.15, -0.1) is 11.3 Å². The van der Waals surface area contributed by atoms with E-state index in [1.165, 1.54) is 0 Å². The van der Waals surface area contributed by atoms with Crippen molar-refractivity contribution in [2.24, 2.45) is 0 Å². The zero-order valence-corrected chi connectivity index (χ0v) is 18.7. The van der Waals surface area contributed by atoms with E-state index in [1.54, 1.807) is 11.3 Å². The molecule has 158 valence electrons. The van der Waals surface area contributed by atoms with Crippen LogP contribution in [0.5, 0.6) is 0 Å². The number of nitrogens with one attached hydrogen (secondary N) is 1. The maximum Gasteiger partial charge on any atom is 0.228 e. The van der Waals surface area contributed by atoms with E-state index in [0.29, 0.717) is 0 Å². The van der Waals surface area contributed by atoms with Crippen LogP contribution < -0.4 is 5.32 Å². The number of thiazole rings is 1. The highest BCUT2D eigenvalue weighted by atomic mass is 32.1. The van der Waals surface area contributed by atoms with Gasteiger partial charge in [0.05, 0.1) is 33.7 Å². The highest BCUT2D eigenvalue weighted by Crippen LogP contribution is 2.34. The molecule has 0 fully saturated rings. The average molecular weight is 439 g/mol. The van der Waals surface area contributed by atoms with Crippen molar-refractivity contribution in [2.75, 3.05) is 5.32 Å². The number of para-hydroxylation sites is 3. The number of nitrogens with zero attached hydrogens (tertiary/aromatic N) is 3. The van der Waals surface area contributed by atoms with Crippen LogP contribution in [0.1, 0.15) is 17.0 Å². The summed E-state index contributed by atoms with van der Waals surface area (Å²) in [7, 11) is 0. The quantitative estimate of drug-likeness (QED) is 0.369. The third-order valence-electron chi connectivity index (χ3n) is 5.50. The van der Waals surface area contributed by atoms with Gasteiger partial charge in [-0.1, -0.05) is 42.5 Å². The van der Waals surface area contributed by atoms with E-state index in [0.717, 1.165) is 49.1 Å². The van der Waals surface area contributed by atoms with E-state index in [9.17, 15) is 4.79 Å². The molecule has 0 aliphatic heterocycles. The lowest BCUT2D eigenvalue weighted by molar-refractivity contribution is -0.115. The van der Waals surface area contributed by atoms with Gasteiger partial charge in [0.2, 0.25) is 5.91 Å². The van der Waals surface area contributed by atoms with Crippen LogP contribution in [0.25, 0.3) is 26.5 Å². The van der Waals surface area contributed by atoms with Gasteiger partial charge in [0, 0.05) is 16.8 Å². The third-order valence-corrected chi connectivity index (χ3v) is 6.57. The first-order valence-electron chi connectivity index (χ1n) is 10.5. The number of rotatable bonds is 5. The van der Waals surface area contributed by atoms with Crippen molar-refractivity contribution < 1.29 is 4.79 Å². The molecule has 5 rings (SSSR count). The van der Waals surface area contributed by atoms with Crippen molar-refractivity contribution in [3.8, 4) is 16.3 Å². The number of aryl methyl sites for hydroxylation is 1. The van der Waals surface area contributed by atoms with Gasteiger partial charge in [0.25, 0.3) is 0 Å². The van der Waals surface area contributed by atoms with E-state index >= 15 is 0 Å². The third kappa shape index (κ3) is 3.81. The zero-order chi connectivity index (χ0) is 22.1. The van der Waals surface area contributed by atoms with E-state index < -0.39 is 0 Å². The van der Waals surface area contributed by atoms with Gasteiger partial charge >= 0.3 is 0 Å². The van der Waals surface area contributed by atoms with Crippen molar-refractivity contribution in [1.29, 1.82) is 0 Å². The van der Waals surface area contributed by atoms with Crippen LogP contribution in [0.15, 0.2) is 78.9 Å². The number of carbonyl (C=O) groups excluding carboxylic acids is 1. The molecule has 0 saturated heterocycles. The first-order valence-corrected chi connectivity index (χ1v) is 11.3. The number of anilines is 1. The van der Waals surface area contributed by atoms with E-state index in [1.807, 2.05) is 91.3 Å². The number of hydrogen-bond donors (Lipinski definition) is 1. The van der Waals surface area contributed by atoms with Gasteiger partial charge in [-0.3, -0.25) is 4.79 Å². The lowest BCUT2D eigenvalue weighted by Crippen LogP contribution is -2.16. The van der Waals surface area contributed by atoms with Crippen molar-refractivity contribution in [1.82, 2.24) is 14.8 Å². The maximum absolute atomic E-state index is 13.0. The molecule has 2 aromatic heterocycles. The molecular weight excluding hydrogens is 416 g/mol. The fraction of sp³-hybridized carbons (Fsp3) is 0.115. The van der Waals surface area contributed by atoms with Gasteiger partial charge in [0.1, 0.15) is 5.01 Å². The van der Waals surface area contributed by atoms with E-state index in [2.05, 4.69) is 16.5 Å². The Balaban J connectivity index is 1.41. The van der Waals surface area contributed by atoms with E-state index in [-0.39, 0.29) is 12.3 Å². The van der Waals surface area contributed by atoms with Crippen molar-refractivity contribution in [2.45, 2.75) is 20.3 Å². The maximum atomic E-state index is 13.0. The SMILES string of the molecule is Cc1nn(-c2ccccc2)c(C)c1CC(=O)Nc1ccccc1-c1nc2ccccc2s1. The number of benzene rings is 3. The molecule has 0 saturated carbocycles. The van der Waals surface area contributed by atoms with Crippen molar-refractivity contribution in [3.05, 3.63) is 95.8 Å². The molecule has 0 atom stereocenters. The molecule has 1 amide bonds. The van der Waals surface area contributed by atoms with Crippen molar-refractivity contribution >= 4 is 33.1 Å². The molecule has 6 heteroatoms. The summed E-state index contributed by atoms with van der Waals surface area (Å²) in [5, 5.41) is 8.65. The molecule has 3 aromatic carbocycles. The van der Waals surface area contributed by atoms with Gasteiger partial charge in [-0.25, -0.2) is 9.67 Å². The van der Waals surface area contributed by atoms with Crippen LogP contribution in [0.4, 0.5) is 5.69 Å². The Morgan fingerprint density at radius 3 is 2.47 bits per heavy atom. The lowest BCUT2D eigenvalue weighted by atomic mass is 10.1. The Bertz CT molecular complexity index is 1390. The van der Waals surface area contributed by atoms with Crippen molar-refractivity contribution in [3.63, 3.8) is 0 Å². The number of aromatic nitrogens is 3. The molecule has 5 nitrogen and oxygen atoms in total. The number of hydrogen-bond acceptors (Lipinski definition) is 4. The molecule has 0 aliphatic rings. The lowest BCUT2D eigenvalue weighted by Gasteiger charge is -2.10. The zero-order valence-electron chi connectivity index (χ0n) is 17.9. The monoisotopic (exact) mass is 438 g/mol. The number of carbonyl (C=O) groups is 1. The summed E-state index contributed by atoms with van der Waals surface area (Å²) in [6, 6.07) is 25.9. The largest absolute Gasteiger partial charge is 0.325 e.